The Labute approximate surface area is 101 Å². The molecule has 0 aliphatic rings. The Bertz CT molecular complexity index is 295. The number of nitrogens with one attached hydrogen (secondary N) is 2. The highest BCUT2D eigenvalue weighted by Gasteiger charge is 2.02. The van der Waals surface area contributed by atoms with Gasteiger partial charge in [0.05, 0.1) is 6.61 Å². The third-order valence-electron chi connectivity index (χ3n) is 1.82. The normalized spacial score (nSPS) is 9.31. The molecule has 1 aromatic rings. The van der Waals surface area contributed by atoms with Crippen LogP contribution < -0.4 is 10.6 Å². The van der Waals surface area contributed by atoms with Crippen LogP contribution in [0.1, 0.15) is 10.4 Å². The Morgan fingerprint density at radius 1 is 1.25 bits per heavy atom. The van der Waals surface area contributed by atoms with E-state index in [2.05, 4.69) is 15.6 Å². The number of carbonyl (C=O) groups excluding carboxylic acids is 1. The van der Waals surface area contributed by atoms with Crippen molar-refractivity contribution in [2.24, 2.45) is 0 Å². The molecular formula is C10H16ClN3O2. The van der Waals surface area contributed by atoms with Crippen molar-refractivity contribution >= 4 is 18.3 Å². The van der Waals surface area contributed by atoms with Gasteiger partial charge in [-0.25, -0.2) is 0 Å². The van der Waals surface area contributed by atoms with Gasteiger partial charge in [-0.05, 0) is 12.1 Å². The zero-order valence-electron chi connectivity index (χ0n) is 8.85. The number of pyridine rings is 1. The van der Waals surface area contributed by atoms with E-state index in [0.29, 0.717) is 25.2 Å². The van der Waals surface area contributed by atoms with Crippen LogP contribution in [-0.4, -0.2) is 42.2 Å². The van der Waals surface area contributed by atoms with Gasteiger partial charge in [0.15, 0.2) is 0 Å². The fourth-order valence-corrected chi connectivity index (χ4v) is 1.07. The maximum absolute atomic E-state index is 11.5. The number of amides is 1. The van der Waals surface area contributed by atoms with Gasteiger partial charge >= 0.3 is 0 Å². The largest absolute Gasteiger partial charge is 0.395 e. The summed E-state index contributed by atoms with van der Waals surface area (Å²) in [6.45, 7) is 1.85. The fraction of sp³-hybridized carbons (Fsp3) is 0.400. The predicted molar refractivity (Wildman–Crippen MR) is 63.8 cm³/mol. The van der Waals surface area contributed by atoms with E-state index in [9.17, 15) is 4.79 Å². The molecule has 1 rings (SSSR count). The van der Waals surface area contributed by atoms with E-state index in [1.54, 1.807) is 24.5 Å². The number of rotatable bonds is 6. The molecule has 16 heavy (non-hydrogen) atoms. The number of hydrogen-bond acceptors (Lipinski definition) is 4. The molecule has 0 atom stereocenters. The van der Waals surface area contributed by atoms with Gasteiger partial charge in [-0.15, -0.1) is 12.4 Å². The predicted octanol–water partition coefficient (Wildman–Crippen LogP) is -0.185. The zero-order chi connectivity index (χ0) is 10.9. The summed E-state index contributed by atoms with van der Waals surface area (Å²) in [4.78, 5) is 15.3. The van der Waals surface area contributed by atoms with E-state index < -0.39 is 0 Å². The van der Waals surface area contributed by atoms with Gasteiger partial charge in [0.1, 0.15) is 0 Å². The summed E-state index contributed by atoms with van der Waals surface area (Å²) < 4.78 is 0. The molecule has 0 saturated carbocycles. The number of nitrogens with zero attached hydrogens (tertiary/aromatic N) is 1. The van der Waals surface area contributed by atoms with Crippen LogP contribution in [0.25, 0.3) is 0 Å². The van der Waals surface area contributed by atoms with Gasteiger partial charge in [0, 0.05) is 37.6 Å². The second-order valence-corrected chi connectivity index (χ2v) is 2.97. The summed E-state index contributed by atoms with van der Waals surface area (Å²) in [5.74, 6) is -0.108. The van der Waals surface area contributed by atoms with Gasteiger partial charge < -0.3 is 15.7 Å². The molecule has 0 saturated heterocycles. The van der Waals surface area contributed by atoms with Crippen molar-refractivity contribution in [3.63, 3.8) is 0 Å². The van der Waals surface area contributed by atoms with Gasteiger partial charge in [-0.3, -0.25) is 9.78 Å². The topological polar surface area (TPSA) is 74.2 Å². The first-order valence-electron chi connectivity index (χ1n) is 4.84. The maximum atomic E-state index is 11.5. The Morgan fingerprint density at radius 3 is 2.56 bits per heavy atom. The van der Waals surface area contributed by atoms with Crippen LogP contribution >= 0.6 is 12.4 Å². The second-order valence-electron chi connectivity index (χ2n) is 2.97. The van der Waals surface area contributed by atoms with E-state index in [1.165, 1.54) is 0 Å². The number of carbonyl (C=O) groups is 1. The Kier molecular flexibility index (Phi) is 8.42. The average Bonchev–Trinajstić information content (AvgIpc) is 2.30. The van der Waals surface area contributed by atoms with Crippen molar-refractivity contribution in [3.05, 3.63) is 30.1 Å². The van der Waals surface area contributed by atoms with Crippen LogP contribution in [-0.2, 0) is 0 Å². The smallest absolute Gasteiger partial charge is 0.251 e. The molecule has 1 heterocycles. The monoisotopic (exact) mass is 245 g/mol. The van der Waals surface area contributed by atoms with Crippen molar-refractivity contribution in [1.29, 1.82) is 0 Å². The number of halogens is 1. The number of aliphatic hydroxyl groups excluding tert-OH is 1. The SMILES string of the molecule is Cl.O=C(NCCNCCO)c1ccncc1. The molecule has 1 amide bonds. The lowest BCUT2D eigenvalue weighted by Crippen LogP contribution is -2.32. The number of aromatic nitrogens is 1. The minimum atomic E-state index is -0.108. The van der Waals surface area contributed by atoms with Crippen molar-refractivity contribution in [2.45, 2.75) is 0 Å². The van der Waals surface area contributed by atoms with Crippen molar-refractivity contribution in [1.82, 2.24) is 15.6 Å². The fourth-order valence-electron chi connectivity index (χ4n) is 1.07. The van der Waals surface area contributed by atoms with Gasteiger partial charge in [0.2, 0.25) is 0 Å². The lowest BCUT2D eigenvalue weighted by Gasteiger charge is -2.05. The maximum Gasteiger partial charge on any atom is 0.251 e. The molecule has 0 spiro atoms. The summed E-state index contributed by atoms with van der Waals surface area (Å²) in [5, 5.41) is 14.2. The van der Waals surface area contributed by atoms with Gasteiger partial charge in [-0.2, -0.15) is 0 Å². The van der Waals surface area contributed by atoms with Gasteiger partial charge in [0.25, 0.3) is 5.91 Å². The van der Waals surface area contributed by atoms with Crippen LogP contribution in [0.4, 0.5) is 0 Å². The standard InChI is InChI=1S/C10H15N3O2.ClH/c14-8-7-12-5-6-13-10(15)9-1-3-11-4-2-9;/h1-4,12,14H,5-8H2,(H,13,15);1H. The van der Waals surface area contributed by atoms with E-state index >= 15 is 0 Å². The first-order valence-corrected chi connectivity index (χ1v) is 4.84. The Hall–Kier alpha value is -1.17. The molecule has 0 aromatic carbocycles. The summed E-state index contributed by atoms with van der Waals surface area (Å²) in [7, 11) is 0. The Morgan fingerprint density at radius 2 is 1.94 bits per heavy atom. The molecule has 0 unspecified atom stereocenters. The number of hydrogen-bond donors (Lipinski definition) is 3. The average molecular weight is 246 g/mol. The molecule has 0 fully saturated rings. The molecule has 1 aromatic heterocycles. The lowest BCUT2D eigenvalue weighted by atomic mass is 10.2. The molecule has 0 aliphatic carbocycles. The summed E-state index contributed by atoms with van der Waals surface area (Å²) in [5.41, 5.74) is 0.604. The molecule has 3 N–H and O–H groups in total. The minimum Gasteiger partial charge on any atom is -0.395 e. The Balaban J connectivity index is 0.00000225. The highest BCUT2D eigenvalue weighted by atomic mass is 35.5. The van der Waals surface area contributed by atoms with Crippen molar-refractivity contribution in [2.75, 3.05) is 26.2 Å². The van der Waals surface area contributed by atoms with E-state index in [-0.39, 0.29) is 24.9 Å². The van der Waals surface area contributed by atoms with E-state index in [1.807, 2.05) is 0 Å². The van der Waals surface area contributed by atoms with Crippen molar-refractivity contribution in [3.8, 4) is 0 Å². The molecule has 6 heteroatoms. The van der Waals surface area contributed by atoms with E-state index in [0.717, 1.165) is 0 Å². The quantitative estimate of drug-likeness (QED) is 0.608. The minimum absolute atomic E-state index is 0. The highest BCUT2D eigenvalue weighted by molar-refractivity contribution is 5.93. The molecule has 0 bridgehead atoms. The number of aliphatic hydroxyl groups is 1. The molecule has 0 aliphatic heterocycles. The third-order valence-corrected chi connectivity index (χ3v) is 1.82. The van der Waals surface area contributed by atoms with Crippen LogP contribution in [0.3, 0.4) is 0 Å². The third kappa shape index (κ3) is 5.65. The van der Waals surface area contributed by atoms with Crippen LogP contribution in [0.5, 0.6) is 0 Å². The molecule has 0 radical (unpaired) electrons. The van der Waals surface area contributed by atoms with Gasteiger partial charge in [-0.1, -0.05) is 0 Å². The van der Waals surface area contributed by atoms with Crippen LogP contribution in [0.2, 0.25) is 0 Å². The summed E-state index contributed by atoms with van der Waals surface area (Å²) in [6, 6.07) is 3.33. The first-order chi connectivity index (χ1) is 7.34. The van der Waals surface area contributed by atoms with Crippen LogP contribution in [0.15, 0.2) is 24.5 Å². The molecule has 5 nitrogen and oxygen atoms in total. The zero-order valence-corrected chi connectivity index (χ0v) is 9.67. The second kappa shape index (κ2) is 9.08. The first kappa shape index (κ1) is 14.8. The highest BCUT2D eigenvalue weighted by Crippen LogP contribution is 1.94. The molecule has 90 valence electrons. The molecular weight excluding hydrogens is 230 g/mol. The van der Waals surface area contributed by atoms with Crippen LogP contribution in [0, 0.1) is 0 Å². The summed E-state index contributed by atoms with van der Waals surface area (Å²) in [6.07, 6.45) is 3.16. The summed E-state index contributed by atoms with van der Waals surface area (Å²) >= 11 is 0. The lowest BCUT2D eigenvalue weighted by molar-refractivity contribution is 0.0954. The van der Waals surface area contributed by atoms with E-state index in [4.69, 9.17) is 5.11 Å². The van der Waals surface area contributed by atoms with Crippen molar-refractivity contribution < 1.29 is 9.90 Å².